The van der Waals surface area contributed by atoms with E-state index in [9.17, 15) is 5.11 Å². The zero-order chi connectivity index (χ0) is 13.2. The van der Waals surface area contributed by atoms with Crippen LogP contribution in [-0.2, 0) is 0 Å². The fourth-order valence-electron chi connectivity index (χ4n) is 4.56. The molecule has 3 nitrogen and oxygen atoms in total. The van der Waals surface area contributed by atoms with E-state index in [2.05, 4.69) is 16.7 Å². The number of aliphatic hydroxyl groups is 1. The maximum atomic E-state index is 10.2. The quantitative estimate of drug-likeness (QED) is 0.830. The van der Waals surface area contributed by atoms with Gasteiger partial charge in [0, 0.05) is 31.2 Å². The fraction of sp³-hybridized carbons (Fsp3) is 1.00. The van der Waals surface area contributed by atoms with Gasteiger partial charge in [0.2, 0.25) is 0 Å². The minimum atomic E-state index is -0.0592. The molecule has 3 fully saturated rings. The number of nitrogens with zero attached hydrogens (tertiary/aromatic N) is 2. The molecule has 0 amide bonds. The van der Waals surface area contributed by atoms with Gasteiger partial charge in [-0.1, -0.05) is 12.8 Å². The molecule has 110 valence electrons. The third kappa shape index (κ3) is 2.98. The number of piperidine rings is 1. The Morgan fingerprint density at radius 2 is 1.58 bits per heavy atom. The normalized spacial score (nSPS) is 39.8. The first-order valence-corrected chi connectivity index (χ1v) is 8.43. The van der Waals surface area contributed by atoms with Crippen molar-refractivity contribution in [1.29, 1.82) is 0 Å². The van der Waals surface area contributed by atoms with E-state index in [0.29, 0.717) is 6.04 Å². The van der Waals surface area contributed by atoms with Gasteiger partial charge >= 0.3 is 0 Å². The smallest absolute Gasteiger partial charge is 0.0695 e. The van der Waals surface area contributed by atoms with Crippen LogP contribution in [-0.4, -0.2) is 58.8 Å². The first-order valence-electron chi connectivity index (χ1n) is 8.43. The summed E-state index contributed by atoms with van der Waals surface area (Å²) in [4.78, 5) is 5.33. The first kappa shape index (κ1) is 13.8. The SMILES string of the molecule is CC1CCCN1C1CCN(C2CCCCC2O)CC1. The van der Waals surface area contributed by atoms with Gasteiger partial charge in [-0.2, -0.15) is 0 Å². The highest BCUT2D eigenvalue weighted by Gasteiger charge is 2.34. The van der Waals surface area contributed by atoms with Crippen molar-refractivity contribution in [2.45, 2.75) is 82.5 Å². The van der Waals surface area contributed by atoms with Gasteiger partial charge in [0.1, 0.15) is 0 Å². The molecular formula is C16H30N2O. The lowest BCUT2D eigenvalue weighted by Gasteiger charge is -2.44. The van der Waals surface area contributed by atoms with Crippen molar-refractivity contribution >= 4 is 0 Å². The van der Waals surface area contributed by atoms with E-state index in [4.69, 9.17) is 0 Å². The van der Waals surface area contributed by atoms with Crippen LogP contribution in [0.15, 0.2) is 0 Å². The second-order valence-electron chi connectivity index (χ2n) is 6.92. The molecule has 3 atom stereocenters. The lowest BCUT2D eigenvalue weighted by atomic mass is 9.89. The summed E-state index contributed by atoms with van der Waals surface area (Å²) < 4.78 is 0. The van der Waals surface area contributed by atoms with E-state index in [0.717, 1.165) is 18.5 Å². The minimum Gasteiger partial charge on any atom is -0.391 e. The van der Waals surface area contributed by atoms with Crippen LogP contribution in [0.2, 0.25) is 0 Å². The average Bonchev–Trinajstić information content (AvgIpc) is 2.86. The molecule has 3 rings (SSSR count). The van der Waals surface area contributed by atoms with Crippen LogP contribution in [0, 0.1) is 0 Å². The molecule has 0 spiro atoms. The van der Waals surface area contributed by atoms with Crippen molar-refractivity contribution in [1.82, 2.24) is 9.80 Å². The molecule has 3 aliphatic rings. The van der Waals surface area contributed by atoms with Gasteiger partial charge in [-0.05, 0) is 52.0 Å². The predicted octanol–water partition coefficient (Wildman–Crippen LogP) is 2.24. The molecule has 0 aromatic rings. The van der Waals surface area contributed by atoms with Crippen LogP contribution < -0.4 is 0 Å². The molecule has 0 aromatic heterocycles. The molecular weight excluding hydrogens is 236 g/mol. The van der Waals surface area contributed by atoms with Gasteiger partial charge < -0.3 is 5.11 Å². The number of hydrogen-bond acceptors (Lipinski definition) is 3. The van der Waals surface area contributed by atoms with E-state index in [-0.39, 0.29) is 6.10 Å². The second-order valence-corrected chi connectivity index (χ2v) is 6.92. The molecule has 2 saturated heterocycles. The molecule has 19 heavy (non-hydrogen) atoms. The topological polar surface area (TPSA) is 26.7 Å². The van der Waals surface area contributed by atoms with Gasteiger partial charge in [0.05, 0.1) is 6.10 Å². The Kier molecular flexibility index (Phi) is 4.45. The Morgan fingerprint density at radius 1 is 0.842 bits per heavy atom. The standard InChI is InChI=1S/C16H30N2O/c1-13-5-4-10-18(13)14-8-11-17(12-9-14)15-6-2-3-7-16(15)19/h13-16,19H,2-12H2,1H3. The van der Waals surface area contributed by atoms with Crippen molar-refractivity contribution in [3.8, 4) is 0 Å². The maximum absolute atomic E-state index is 10.2. The summed E-state index contributed by atoms with van der Waals surface area (Å²) in [6, 6.07) is 2.08. The lowest BCUT2D eigenvalue weighted by molar-refractivity contribution is -0.00425. The van der Waals surface area contributed by atoms with E-state index in [1.54, 1.807) is 0 Å². The van der Waals surface area contributed by atoms with Crippen molar-refractivity contribution in [2.24, 2.45) is 0 Å². The maximum Gasteiger partial charge on any atom is 0.0695 e. The molecule has 3 unspecified atom stereocenters. The minimum absolute atomic E-state index is 0.0592. The second kappa shape index (κ2) is 6.11. The average molecular weight is 266 g/mol. The summed E-state index contributed by atoms with van der Waals surface area (Å²) in [6.45, 7) is 6.12. The van der Waals surface area contributed by atoms with Crippen LogP contribution in [0.5, 0.6) is 0 Å². The Bertz CT molecular complexity index is 288. The summed E-state index contributed by atoms with van der Waals surface area (Å²) in [5.74, 6) is 0. The predicted molar refractivity (Wildman–Crippen MR) is 78.3 cm³/mol. The summed E-state index contributed by atoms with van der Waals surface area (Å²) >= 11 is 0. The van der Waals surface area contributed by atoms with E-state index in [1.165, 1.54) is 64.6 Å². The van der Waals surface area contributed by atoms with Crippen LogP contribution in [0.25, 0.3) is 0 Å². The third-order valence-electron chi connectivity index (χ3n) is 5.74. The molecule has 3 heteroatoms. The molecule has 0 aromatic carbocycles. The largest absolute Gasteiger partial charge is 0.391 e. The van der Waals surface area contributed by atoms with E-state index < -0.39 is 0 Å². The zero-order valence-corrected chi connectivity index (χ0v) is 12.4. The highest BCUT2D eigenvalue weighted by molar-refractivity contribution is 4.90. The lowest BCUT2D eigenvalue weighted by Crippen LogP contribution is -2.52. The van der Waals surface area contributed by atoms with Crippen molar-refractivity contribution in [3.05, 3.63) is 0 Å². The molecule has 1 saturated carbocycles. The summed E-state index contributed by atoms with van der Waals surface area (Å²) in [7, 11) is 0. The summed E-state index contributed by atoms with van der Waals surface area (Å²) in [6.07, 6.45) is 10.1. The molecule has 2 heterocycles. The Morgan fingerprint density at radius 3 is 2.21 bits per heavy atom. The summed E-state index contributed by atoms with van der Waals surface area (Å²) in [5.41, 5.74) is 0. The molecule has 0 radical (unpaired) electrons. The van der Waals surface area contributed by atoms with E-state index in [1.807, 2.05) is 0 Å². The number of aliphatic hydroxyl groups excluding tert-OH is 1. The fourth-order valence-corrected chi connectivity index (χ4v) is 4.56. The van der Waals surface area contributed by atoms with Crippen LogP contribution in [0.3, 0.4) is 0 Å². The Labute approximate surface area is 118 Å². The first-order chi connectivity index (χ1) is 9.25. The number of rotatable bonds is 2. The molecule has 0 bridgehead atoms. The van der Waals surface area contributed by atoms with Crippen molar-refractivity contribution in [2.75, 3.05) is 19.6 Å². The highest BCUT2D eigenvalue weighted by Crippen LogP contribution is 2.29. The van der Waals surface area contributed by atoms with Gasteiger partial charge in [-0.25, -0.2) is 0 Å². The van der Waals surface area contributed by atoms with Gasteiger partial charge in [-0.3, -0.25) is 9.80 Å². The number of likely N-dealkylation sites (tertiary alicyclic amines) is 2. The van der Waals surface area contributed by atoms with Gasteiger partial charge in [0.25, 0.3) is 0 Å². The van der Waals surface area contributed by atoms with E-state index >= 15 is 0 Å². The highest BCUT2D eigenvalue weighted by atomic mass is 16.3. The van der Waals surface area contributed by atoms with Crippen molar-refractivity contribution < 1.29 is 5.11 Å². The summed E-state index contributed by atoms with van der Waals surface area (Å²) in [5, 5.41) is 10.2. The monoisotopic (exact) mass is 266 g/mol. The Hall–Kier alpha value is -0.120. The van der Waals surface area contributed by atoms with Crippen LogP contribution >= 0.6 is 0 Å². The van der Waals surface area contributed by atoms with Crippen LogP contribution in [0.4, 0.5) is 0 Å². The zero-order valence-electron chi connectivity index (χ0n) is 12.4. The van der Waals surface area contributed by atoms with Crippen molar-refractivity contribution in [3.63, 3.8) is 0 Å². The third-order valence-corrected chi connectivity index (χ3v) is 5.74. The van der Waals surface area contributed by atoms with Crippen LogP contribution in [0.1, 0.15) is 58.3 Å². The Balaban J connectivity index is 1.51. The van der Waals surface area contributed by atoms with Gasteiger partial charge in [-0.15, -0.1) is 0 Å². The molecule has 1 aliphatic carbocycles. The molecule has 2 aliphatic heterocycles. The molecule has 1 N–H and O–H groups in total. The van der Waals surface area contributed by atoms with Gasteiger partial charge in [0.15, 0.2) is 0 Å². The number of hydrogen-bond donors (Lipinski definition) is 1.